The lowest BCUT2D eigenvalue weighted by molar-refractivity contribution is -0.140. The molecule has 3 nitrogen and oxygen atoms in total. The van der Waals surface area contributed by atoms with E-state index in [1.807, 2.05) is 13.8 Å². The van der Waals surface area contributed by atoms with E-state index >= 15 is 0 Å². The fourth-order valence-electron chi connectivity index (χ4n) is 1.21. The summed E-state index contributed by atoms with van der Waals surface area (Å²) in [6, 6.07) is 0. The second-order valence-corrected chi connectivity index (χ2v) is 3.12. The van der Waals surface area contributed by atoms with E-state index in [-0.39, 0.29) is 5.78 Å². The van der Waals surface area contributed by atoms with Crippen LogP contribution in [0.4, 0.5) is 0 Å². The average molecular weight is 169 g/mol. The predicted molar refractivity (Wildman–Crippen MR) is 47.0 cm³/mol. The van der Waals surface area contributed by atoms with E-state index in [1.165, 1.54) is 0 Å². The Morgan fingerprint density at radius 1 is 1.67 bits per heavy atom. The van der Waals surface area contributed by atoms with Crippen LogP contribution in [0.25, 0.3) is 0 Å². The molecule has 1 rings (SSSR count). The van der Waals surface area contributed by atoms with Crippen molar-refractivity contribution in [2.75, 3.05) is 19.7 Å². The quantitative estimate of drug-likeness (QED) is 0.612. The standard InChI is InChI=1S/C9H15NO2/c1-3-4-8(11)9(2)7-10-5-6-12-9/h3-4,10H,5-7H2,1-2H3. The summed E-state index contributed by atoms with van der Waals surface area (Å²) in [7, 11) is 0. The van der Waals surface area contributed by atoms with Crippen LogP contribution in [0.1, 0.15) is 13.8 Å². The van der Waals surface area contributed by atoms with Gasteiger partial charge in [-0.1, -0.05) is 6.08 Å². The van der Waals surface area contributed by atoms with Gasteiger partial charge in [0.2, 0.25) is 0 Å². The Hall–Kier alpha value is -0.670. The van der Waals surface area contributed by atoms with Gasteiger partial charge in [0.15, 0.2) is 5.78 Å². The maximum atomic E-state index is 11.5. The van der Waals surface area contributed by atoms with E-state index in [4.69, 9.17) is 4.74 Å². The number of rotatable bonds is 2. The fraction of sp³-hybridized carbons (Fsp3) is 0.667. The van der Waals surface area contributed by atoms with Gasteiger partial charge < -0.3 is 10.1 Å². The Bertz CT molecular complexity index is 193. The number of ketones is 1. The van der Waals surface area contributed by atoms with Crippen molar-refractivity contribution in [3.05, 3.63) is 12.2 Å². The van der Waals surface area contributed by atoms with Crippen molar-refractivity contribution in [3.63, 3.8) is 0 Å². The van der Waals surface area contributed by atoms with Gasteiger partial charge in [0.05, 0.1) is 6.61 Å². The molecule has 0 amide bonds. The van der Waals surface area contributed by atoms with Crippen LogP contribution in [-0.4, -0.2) is 31.1 Å². The molecule has 1 saturated heterocycles. The Morgan fingerprint density at radius 2 is 2.42 bits per heavy atom. The molecule has 1 heterocycles. The number of carbonyl (C=O) groups is 1. The summed E-state index contributed by atoms with van der Waals surface area (Å²) in [5.41, 5.74) is -0.648. The van der Waals surface area contributed by atoms with Crippen molar-refractivity contribution < 1.29 is 9.53 Å². The maximum Gasteiger partial charge on any atom is 0.188 e. The Labute approximate surface area is 72.8 Å². The van der Waals surface area contributed by atoms with Crippen molar-refractivity contribution in [2.24, 2.45) is 0 Å². The molecule has 0 aliphatic carbocycles. The molecule has 1 aliphatic heterocycles. The van der Waals surface area contributed by atoms with Crippen LogP contribution in [0.5, 0.6) is 0 Å². The van der Waals surface area contributed by atoms with Gasteiger partial charge in [0, 0.05) is 13.1 Å². The summed E-state index contributed by atoms with van der Waals surface area (Å²) in [5, 5.41) is 3.13. The lowest BCUT2D eigenvalue weighted by Gasteiger charge is -2.31. The molecular formula is C9H15NO2. The molecule has 0 bridgehead atoms. The van der Waals surface area contributed by atoms with E-state index < -0.39 is 5.60 Å². The van der Waals surface area contributed by atoms with Gasteiger partial charge >= 0.3 is 0 Å². The van der Waals surface area contributed by atoms with Crippen LogP contribution >= 0.6 is 0 Å². The maximum absolute atomic E-state index is 11.5. The third kappa shape index (κ3) is 1.93. The zero-order valence-electron chi connectivity index (χ0n) is 7.59. The number of morpholine rings is 1. The molecule has 12 heavy (non-hydrogen) atoms. The van der Waals surface area contributed by atoms with E-state index in [9.17, 15) is 4.79 Å². The highest BCUT2D eigenvalue weighted by atomic mass is 16.5. The molecule has 0 aromatic heterocycles. The van der Waals surface area contributed by atoms with Gasteiger partial charge in [-0.15, -0.1) is 0 Å². The Balaban J connectivity index is 2.62. The summed E-state index contributed by atoms with van der Waals surface area (Å²) < 4.78 is 5.42. The second-order valence-electron chi connectivity index (χ2n) is 3.12. The summed E-state index contributed by atoms with van der Waals surface area (Å²) in [6.45, 7) is 5.70. The molecule has 0 saturated carbocycles. The van der Waals surface area contributed by atoms with E-state index in [1.54, 1.807) is 12.2 Å². The van der Waals surface area contributed by atoms with Gasteiger partial charge in [-0.3, -0.25) is 4.79 Å². The zero-order chi connectivity index (χ0) is 9.03. The summed E-state index contributed by atoms with van der Waals surface area (Å²) in [6.07, 6.45) is 3.30. The van der Waals surface area contributed by atoms with Crippen molar-refractivity contribution in [1.82, 2.24) is 5.32 Å². The third-order valence-electron chi connectivity index (χ3n) is 2.00. The number of nitrogens with one attached hydrogen (secondary N) is 1. The van der Waals surface area contributed by atoms with Crippen LogP contribution in [0.3, 0.4) is 0 Å². The SMILES string of the molecule is CC=CC(=O)C1(C)CNCCO1. The molecule has 0 aromatic carbocycles. The lowest BCUT2D eigenvalue weighted by Crippen LogP contribution is -2.52. The number of ether oxygens (including phenoxy) is 1. The summed E-state index contributed by atoms with van der Waals surface area (Å²) >= 11 is 0. The topological polar surface area (TPSA) is 38.3 Å². The molecule has 1 unspecified atom stereocenters. The first-order valence-electron chi connectivity index (χ1n) is 4.21. The summed E-state index contributed by atoms with van der Waals surface area (Å²) in [4.78, 5) is 11.5. The first-order valence-corrected chi connectivity index (χ1v) is 4.21. The van der Waals surface area contributed by atoms with Gasteiger partial charge in [0.25, 0.3) is 0 Å². The molecule has 0 aromatic rings. The van der Waals surface area contributed by atoms with E-state index in [0.29, 0.717) is 13.2 Å². The smallest absolute Gasteiger partial charge is 0.188 e. The minimum absolute atomic E-state index is 0.0391. The number of hydrogen-bond acceptors (Lipinski definition) is 3. The summed E-state index contributed by atoms with van der Waals surface area (Å²) in [5.74, 6) is 0.0391. The van der Waals surface area contributed by atoms with Crippen LogP contribution in [-0.2, 0) is 9.53 Å². The Morgan fingerprint density at radius 3 is 2.92 bits per heavy atom. The predicted octanol–water partition coefficient (Wildman–Crippen LogP) is 0.510. The average Bonchev–Trinajstić information content (AvgIpc) is 2.06. The van der Waals surface area contributed by atoms with Crippen LogP contribution in [0.2, 0.25) is 0 Å². The third-order valence-corrected chi connectivity index (χ3v) is 2.00. The highest BCUT2D eigenvalue weighted by Crippen LogP contribution is 2.14. The molecule has 1 N–H and O–H groups in total. The van der Waals surface area contributed by atoms with Crippen molar-refractivity contribution in [2.45, 2.75) is 19.4 Å². The molecule has 68 valence electrons. The molecule has 1 atom stereocenters. The van der Waals surface area contributed by atoms with Gasteiger partial charge in [-0.2, -0.15) is 0 Å². The van der Waals surface area contributed by atoms with Gasteiger partial charge in [-0.25, -0.2) is 0 Å². The van der Waals surface area contributed by atoms with Crippen LogP contribution in [0.15, 0.2) is 12.2 Å². The normalized spacial score (nSPS) is 30.8. The van der Waals surface area contributed by atoms with Gasteiger partial charge in [0.1, 0.15) is 5.60 Å². The minimum Gasteiger partial charge on any atom is -0.364 e. The fourth-order valence-corrected chi connectivity index (χ4v) is 1.21. The Kier molecular flexibility index (Phi) is 3.00. The van der Waals surface area contributed by atoms with Crippen molar-refractivity contribution in [1.29, 1.82) is 0 Å². The zero-order valence-corrected chi connectivity index (χ0v) is 7.59. The van der Waals surface area contributed by atoms with Gasteiger partial charge in [-0.05, 0) is 19.9 Å². The van der Waals surface area contributed by atoms with Crippen molar-refractivity contribution in [3.8, 4) is 0 Å². The first-order chi connectivity index (χ1) is 5.69. The monoisotopic (exact) mass is 169 g/mol. The van der Waals surface area contributed by atoms with E-state index in [2.05, 4.69) is 5.32 Å². The molecular weight excluding hydrogens is 154 g/mol. The van der Waals surface area contributed by atoms with Crippen LogP contribution < -0.4 is 5.32 Å². The van der Waals surface area contributed by atoms with Crippen LogP contribution in [0, 0.1) is 0 Å². The van der Waals surface area contributed by atoms with E-state index in [0.717, 1.165) is 6.54 Å². The lowest BCUT2D eigenvalue weighted by atomic mass is 9.99. The highest BCUT2D eigenvalue weighted by Gasteiger charge is 2.33. The first kappa shape index (κ1) is 9.42. The minimum atomic E-state index is -0.648. The molecule has 0 radical (unpaired) electrons. The molecule has 3 heteroatoms. The molecule has 0 spiro atoms. The molecule has 1 aliphatic rings. The number of carbonyl (C=O) groups excluding carboxylic acids is 1. The molecule has 1 fully saturated rings. The second kappa shape index (κ2) is 3.83. The number of allylic oxidation sites excluding steroid dienone is 1. The van der Waals surface area contributed by atoms with Crippen molar-refractivity contribution >= 4 is 5.78 Å². The number of hydrogen-bond donors (Lipinski definition) is 1. The highest BCUT2D eigenvalue weighted by molar-refractivity contribution is 5.96. The largest absolute Gasteiger partial charge is 0.364 e.